The van der Waals surface area contributed by atoms with Gasteiger partial charge in [0.1, 0.15) is 0 Å². The van der Waals surface area contributed by atoms with Gasteiger partial charge in [0, 0.05) is 10.6 Å². The molecule has 0 saturated carbocycles. The molecule has 2 rings (SSSR count). The topological polar surface area (TPSA) is 46.2 Å². The molecule has 0 radical (unpaired) electrons. The van der Waals surface area contributed by atoms with Crippen LogP contribution in [0.1, 0.15) is 5.56 Å². The summed E-state index contributed by atoms with van der Waals surface area (Å²) in [6.45, 7) is 0. The number of nitrogens with one attached hydrogen (secondary N) is 1. The van der Waals surface area contributed by atoms with Crippen molar-refractivity contribution in [3.63, 3.8) is 0 Å². The summed E-state index contributed by atoms with van der Waals surface area (Å²) in [4.78, 5) is 22.6. The van der Waals surface area contributed by atoms with E-state index in [9.17, 15) is 9.59 Å². The zero-order valence-electron chi connectivity index (χ0n) is 8.09. The maximum absolute atomic E-state index is 11.4. The van der Waals surface area contributed by atoms with Crippen LogP contribution in [0.4, 0.5) is 4.79 Å². The normalized spacial score (nSPS) is 17.7. The van der Waals surface area contributed by atoms with Crippen molar-refractivity contribution in [2.75, 3.05) is 0 Å². The Kier molecular flexibility index (Phi) is 3.68. The highest BCUT2D eigenvalue weighted by molar-refractivity contribution is 8.18. The molecule has 0 atom stereocenters. The molecule has 0 bridgehead atoms. The first-order chi connectivity index (χ1) is 7.99. The van der Waals surface area contributed by atoms with Gasteiger partial charge in [-0.2, -0.15) is 0 Å². The fourth-order valence-electron chi connectivity index (χ4n) is 1.23. The molecule has 1 saturated heterocycles. The predicted molar refractivity (Wildman–Crippen MR) is 70.6 cm³/mol. The van der Waals surface area contributed by atoms with Gasteiger partial charge in [0.25, 0.3) is 11.1 Å². The Morgan fingerprint density at radius 3 is 2.35 bits per heavy atom. The maximum Gasteiger partial charge on any atom is 0.290 e. The summed E-state index contributed by atoms with van der Waals surface area (Å²) in [5.74, 6) is -0.466. The minimum atomic E-state index is -0.466. The van der Waals surface area contributed by atoms with Gasteiger partial charge in [-0.1, -0.05) is 34.8 Å². The fourth-order valence-corrected chi connectivity index (χ4v) is 2.54. The molecule has 2 amide bonds. The van der Waals surface area contributed by atoms with E-state index in [4.69, 9.17) is 34.8 Å². The number of benzene rings is 1. The highest BCUT2D eigenvalue weighted by Crippen LogP contribution is 2.35. The summed E-state index contributed by atoms with van der Waals surface area (Å²) in [5, 5.41) is 2.66. The van der Waals surface area contributed by atoms with Crippen LogP contribution in [0, 0.1) is 0 Å². The number of rotatable bonds is 1. The second-order valence-electron chi connectivity index (χ2n) is 3.11. The van der Waals surface area contributed by atoms with Crippen LogP contribution in [0.15, 0.2) is 17.0 Å². The molecule has 0 unspecified atom stereocenters. The van der Waals surface area contributed by atoms with Crippen LogP contribution in [0.2, 0.25) is 15.1 Å². The van der Waals surface area contributed by atoms with Crippen molar-refractivity contribution < 1.29 is 9.59 Å². The lowest BCUT2D eigenvalue weighted by Crippen LogP contribution is -2.17. The molecule has 17 heavy (non-hydrogen) atoms. The summed E-state index contributed by atoms with van der Waals surface area (Å²) in [6.07, 6.45) is 1.45. The molecule has 1 N–H and O–H groups in total. The van der Waals surface area contributed by atoms with E-state index >= 15 is 0 Å². The Labute approximate surface area is 116 Å². The van der Waals surface area contributed by atoms with Gasteiger partial charge >= 0.3 is 0 Å². The quantitative estimate of drug-likeness (QED) is 0.631. The van der Waals surface area contributed by atoms with Crippen LogP contribution in [0.5, 0.6) is 0 Å². The second kappa shape index (κ2) is 4.90. The number of amides is 2. The lowest BCUT2D eigenvalue weighted by atomic mass is 10.2. The lowest BCUT2D eigenvalue weighted by Gasteiger charge is -2.04. The SMILES string of the molecule is O=C1NC(=O)C(=Cc2c(Cl)ccc(Cl)c2Cl)S1. The first kappa shape index (κ1) is 12.8. The molecule has 1 aliphatic heterocycles. The minimum Gasteiger partial charge on any atom is -0.282 e. The van der Waals surface area contributed by atoms with E-state index in [1.165, 1.54) is 6.08 Å². The summed E-state index contributed by atoms with van der Waals surface area (Å²) in [7, 11) is 0. The summed E-state index contributed by atoms with van der Waals surface area (Å²) in [6, 6.07) is 3.13. The fraction of sp³-hybridized carbons (Fsp3) is 0. The minimum absolute atomic E-state index is 0.237. The van der Waals surface area contributed by atoms with Crippen LogP contribution < -0.4 is 5.32 Å². The van der Waals surface area contributed by atoms with Crippen LogP contribution >= 0.6 is 46.6 Å². The third kappa shape index (κ3) is 2.60. The van der Waals surface area contributed by atoms with Crippen molar-refractivity contribution >= 4 is 63.8 Å². The second-order valence-corrected chi connectivity index (χ2v) is 5.32. The van der Waals surface area contributed by atoms with Crippen LogP contribution in [-0.2, 0) is 4.79 Å². The Morgan fingerprint density at radius 2 is 1.76 bits per heavy atom. The Balaban J connectivity index is 2.49. The van der Waals surface area contributed by atoms with Crippen LogP contribution in [0.3, 0.4) is 0 Å². The van der Waals surface area contributed by atoms with E-state index in [1.807, 2.05) is 0 Å². The van der Waals surface area contributed by atoms with Crippen molar-refractivity contribution in [1.29, 1.82) is 0 Å². The van der Waals surface area contributed by atoms with Crippen molar-refractivity contribution in [3.05, 3.63) is 37.7 Å². The predicted octanol–water partition coefficient (Wildman–Crippen LogP) is 3.97. The molecule has 7 heteroatoms. The molecule has 88 valence electrons. The maximum atomic E-state index is 11.4. The average molecular weight is 309 g/mol. The third-order valence-electron chi connectivity index (χ3n) is 2.00. The Bertz CT molecular complexity index is 557. The molecule has 0 aromatic heterocycles. The van der Waals surface area contributed by atoms with E-state index in [1.54, 1.807) is 12.1 Å². The first-order valence-corrected chi connectivity index (χ1v) is 6.32. The van der Waals surface area contributed by atoms with Crippen molar-refractivity contribution in [3.8, 4) is 0 Å². The standard InChI is InChI=1S/C10H4Cl3NO2S/c11-5-1-2-6(12)8(13)4(5)3-7-9(15)14-10(16)17-7/h1-3H,(H,14,15,16). The number of carbonyl (C=O) groups is 2. The van der Waals surface area contributed by atoms with Gasteiger partial charge in [-0.25, -0.2) is 0 Å². The molecule has 3 nitrogen and oxygen atoms in total. The van der Waals surface area contributed by atoms with E-state index in [2.05, 4.69) is 5.32 Å². The van der Waals surface area contributed by atoms with Crippen molar-refractivity contribution in [1.82, 2.24) is 5.32 Å². The number of carbonyl (C=O) groups excluding carboxylic acids is 2. The van der Waals surface area contributed by atoms with Gasteiger partial charge in [0.15, 0.2) is 0 Å². The molecule has 1 aliphatic rings. The van der Waals surface area contributed by atoms with Crippen LogP contribution in [0.25, 0.3) is 6.08 Å². The van der Waals surface area contributed by atoms with E-state index < -0.39 is 11.1 Å². The zero-order chi connectivity index (χ0) is 12.6. The number of thioether (sulfide) groups is 1. The molecular weight excluding hydrogens is 305 g/mol. The number of hydrogen-bond acceptors (Lipinski definition) is 3. The molecule has 1 aromatic carbocycles. The van der Waals surface area contributed by atoms with E-state index in [-0.39, 0.29) is 9.93 Å². The van der Waals surface area contributed by atoms with Gasteiger partial charge in [-0.3, -0.25) is 14.9 Å². The monoisotopic (exact) mass is 307 g/mol. The summed E-state index contributed by atoms with van der Waals surface area (Å²) in [5.41, 5.74) is 0.424. The van der Waals surface area contributed by atoms with Gasteiger partial charge in [-0.05, 0) is 30.0 Å². The Hall–Kier alpha value is -0.680. The van der Waals surface area contributed by atoms with E-state index in [0.29, 0.717) is 15.6 Å². The number of hydrogen-bond donors (Lipinski definition) is 1. The molecule has 0 spiro atoms. The summed E-state index contributed by atoms with van der Waals surface area (Å²) < 4.78 is 0. The van der Waals surface area contributed by atoms with E-state index in [0.717, 1.165) is 11.8 Å². The number of imide groups is 1. The highest BCUT2D eigenvalue weighted by Gasteiger charge is 2.25. The average Bonchev–Trinajstić information content (AvgIpc) is 2.58. The van der Waals surface area contributed by atoms with Gasteiger partial charge in [0.2, 0.25) is 0 Å². The van der Waals surface area contributed by atoms with Gasteiger partial charge in [-0.15, -0.1) is 0 Å². The summed E-state index contributed by atoms with van der Waals surface area (Å²) >= 11 is 18.6. The highest BCUT2D eigenvalue weighted by atomic mass is 35.5. The molecule has 1 aromatic rings. The third-order valence-corrected chi connectivity index (χ3v) is 3.96. The van der Waals surface area contributed by atoms with Crippen molar-refractivity contribution in [2.24, 2.45) is 0 Å². The molecule has 1 fully saturated rings. The first-order valence-electron chi connectivity index (χ1n) is 4.37. The molecule has 0 aliphatic carbocycles. The molecular formula is C10H4Cl3NO2S. The van der Waals surface area contributed by atoms with Crippen molar-refractivity contribution in [2.45, 2.75) is 0 Å². The lowest BCUT2D eigenvalue weighted by molar-refractivity contribution is -0.115. The van der Waals surface area contributed by atoms with Gasteiger partial charge < -0.3 is 0 Å². The smallest absolute Gasteiger partial charge is 0.282 e. The van der Waals surface area contributed by atoms with Crippen LogP contribution in [-0.4, -0.2) is 11.1 Å². The Morgan fingerprint density at radius 1 is 1.12 bits per heavy atom. The van der Waals surface area contributed by atoms with Gasteiger partial charge in [0.05, 0.1) is 15.0 Å². The largest absolute Gasteiger partial charge is 0.290 e. The zero-order valence-corrected chi connectivity index (χ0v) is 11.2. The molecule has 1 heterocycles. The number of halogens is 3.